The van der Waals surface area contributed by atoms with Gasteiger partial charge in [-0.3, -0.25) is 4.79 Å². The highest BCUT2D eigenvalue weighted by atomic mass is 35.5. The minimum absolute atomic E-state index is 0.0549. The molecule has 106 valence electrons. The van der Waals surface area contributed by atoms with Gasteiger partial charge in [0.1, 0.15) is 5.82 Å². The van der Waals surface area contributed by atoms with Gasteiger partial charge in [-0.2, -0.15) is 0 Å². The van der Waals surface area contributed by atoms with Crippen molar-refractivity contribution in [3.05, 3.63) is 51.4 Å². The molecule has 0 unspecified atom stereocenters. The standard InChI is InChI=1S/C15H12ClN3OS/c16-13-6-5-12(21-13)15(20)19-7-9(8-19)14-17-10-3-1-2-4-11(10)18-14/h1-6,9H,7-8H2,(H,17,18). The van der Waals surface area contributed by atoms with Gasteiger partial charge in [0.25, 0.3) is 5.91 Å². The Bertz CT molecular complexity index is 786. The monoisotopic (exact) mass is 317 g/mol. The third-order valence-corrected chi connectivity index (χ3v) is 4.97. The molecule has 0 radical (unpaired) electrons. The Kier molecular flexibility index (Phi) is 2.97. The normalized spacial score (nSPS) is 15.4. The van der Waals surface area contributed by atoms with E-state index in [-0.39, 0.29) is 11.8 Å². The smallest absolute Gasteiger partial charge is 0.264 e. The summed E-state index contributed by atoms with van der Waals surface area (Å²) in [6, 6.07) is 11.5. The number of benzene rings is 1. The van der Waals surface area contributed by atoms with Gasteiger partial charge >= 0.3 is 0 Å². The number of hydrogen-bond acceptors (Lipinski definition) is 3. The number of carbonyl (C=O) groups excluding carboxylic acids is 1. The highest BCUT2D eigenvalue weighted by Gasteiger charge is 2.34. The molecule has 1 aromatic carbocycles. The van der Waals surface area contributed by atoms with E-state index in [4.69, 9.17) is 11.6 Å². The number of carbonyl (C=O) groups is 1. The molecule has 1 fully saturated rings. The molecule has 0 aliphatic carbocycles. The van der Waals surface area contributed by atoms with Gasteiger partial charge in [-0.05, 0) is 24.3 Å². The van der Waals surface area contributed by atoms with Gasteiger partial charge in [0, 0.05) is 13.1 Å². The minimum Gasteiger partial charge on any atom is -0.342 e. The van der Waals surface area contributed by atoms with Crippen LogP contribution in [0.15, 0.2) is 36.4 Å². The zero-order chi connectivity index (χ0) is 14.4. The largest absolute Gasteiger partial charge is 0.342 e. The molecule has 0 bridgehead atoms. The van der Waals surface area contributed by atoms with E-state index < -0.39 is 0 Å². The molecular weight excluding hydrogens is 306 g/mol. The predicted molar refractivity (Wildman–Crippen MR) is 84.1 cm³/mol. The average molecular weight is 318 g/mol. The first-order chi connectivity index (χ1) is 10.2. The molecule has 1 N–H and O–H groups in total. The lowest BCUT2D eigenvalue weighted by atomic mass is 9.99. The van der Waals surface area contributed by atoms with Crippen LogP contribution in [0, 0.1) is 0 Å². The number of halogens is 1. The molecule has 0 spiro atoms. The Labute approximate surface area is 130 Å². The van der Waals surface area contributed by atoms with Crippen molar-refractivity contribution in [3.8, 4) is 0 Å². The molecule has 21 heavy (non-hydrogen) atoms. The average Bonchev–Trinajstić information content (AvgIpc) is 3.02. The molecule has 1 aliphatic heterocycles. The number of imidazole rings is 1. The second-order valence-corrected chi connectivity index (χ2v) is 6.87. The number of aromatic amines is 1. The van der Waals surface area contributed by atoms with Crippen molar-refractivity contribution in [2.24, 2.45) is 0 Å². The van der Waals surface area contributed by atoms with E-state index in [1.165, 1.54) is 11.3 Å². The third-order valence-electron chi connectivity index (χ3n) is 3.75. The second kappa shape index (κ2) is 4.86. The van der Waals surface area contributed by atoms with Crippen LogP contribution >= 0.6 is 22.9 Å². The molecule has 1 amide bonds. The zero-order valence-corrected chi connectivity index (χ0v) is 12.6. The van der Waals surface area contributed by atoms with Crippen molar-refractivity contribution in [1.82, 2.24) is 14.9 Å². The van der Waals surface area contributed by atoms with Crippen molar-refractivity contribution in [3.63, 3.8) is 0 Å². The van der Waals surface area contributed by atoms with E-state index in [1.807, 2.05) is 29.2 Å². The van der Waals surface area contributed by atoms with Gasteiger partial charge in [-0.25, -0.2) is 4.98 Å². The molecule has 0 atom stereocenters. The summed E-state index contributed by atoms with van der Waals surface area (Å²) in [5, 5.41) is 0. The highest BCUT2D eigenvalue weighted by molar-refractivity contribution is 7.17. The minimum atomic E-state index is 0.0549. The van der Waals surface area contributed by atoms with E-state index >= 15 is 0 Å². The molecule has 3 heterocycles. The van der Waals surface area contributed by atoms with Crippen LogP contribution in [0.4, 0.5) is 0 Å². The Hall–Kier alpha value is -1.85. The van der Waals surface area contributed by atoms with Crippen LogP contribution in [0.2, 0.25) is 4.34 Å². The maximum atomic E-state index is 12.2. The Morgan fingerprint density at radius 1 is 1.29 bits per heavy atom. The summed E-state index contributed by atoms with van der Waals surface area (Å²) in [6.07, 6.45) is 0. The number of aromatic nitrogens is 2. The SMILES string of the molecule is O=C(c1ccc(Cl)s1)N1CC(c2nc3ccccc3[nH]2)C1. The third kappa shape index (κ3) is 2.22. The maximum Gasteiger partial charge on any atom is 0.264 e. The second-order valence-electron chi connectivity index (χ2n) is 5.15. The number of amides is 1. The number of likely N-dealkylation sites (tertiary alicyclic amines) is 1. The molecule has 3 aromatic rings. The van der Waals surface area contributed by atoms with Crippen LogP contribution < -0.4 is 0 Å². The van der Waals surface area contributed by atoms with E-state index in [2.05, 4.69) is 9.97 Å². The zero-order valence-electron chi connectivity index (χ0n) is 11.0. The summed E-state index contributed by atoms with van der Waals surface area (Å²) < 4.78 is 0.646. The summed E-state index contributed by atoms with van der Waals surface area (Å²) in [7, 11) is 0. The van der Waals surface area contributed by atoms with Crippen molar-refractivity contribution < 1.29 is 4.79 Å². The molecule has 4 nitrogen and oxygen atoms in total. The molecular formula is C15H12ClN3OS. The van der Waals surface area contributed by atoms with Gasteiger partial charge in [0.15, 0.2) is 0 Å². The van der Waals surface area contributed by atoms with E-state index in [0.29, 0.717) is 22.3 Å². The van der Waals surface area contributed by atoms with Crippen LogP contribution in [0.1, 0.15) is 21.4 Å². The van der Waals surface area contributed by atoms with Crippen molar-refractivity contribution >= 4 is 39.9 Å². The van der Waals surface area contributed by atoms with Crippen LogP contribution in [0.25, 0.3) is 11.0 Å². The molecule has 6 heteroatoms. The van der Waals surface area contributed by atoms with Crippen LogP contribution in [0.3, 0.4) is 0 Å². The van der Waals surface area contributed by atoms with Crippen LogP contribution in [-0.2, 0) is 0 Å². The Morgan fingerprint density at radius 2 is 2.10 bits per heavy atom. The van der Waals surface area contributed by atoms with Gasteiger partial charge in [0.05, 0.1) is 26.2 Å². The van der Waals surface area contributed by atoms with Gasteiger partial charge < -0.3 is 9.88 Å². The maximum absolute atomic E-state index is 12.2. The number of nitrogens with zero attached hydrogens (tertiary/aromatic N) is 2. The predicted octanol–water partition coefficient (Wildman–Crippen LogP) is 3.52. The fourth-order valence-corrected chi connectivity index (χ4v) is 3.58. The van der Waals surface area contributed by atoms with Gasteiger partial charge in [-0.15, -0.1) is 11.3 Å². The Balaban J connectivity index is 1.48. The number of hydrogen-bond donors (Lipinski definition) is 1. The van der Waals surface area contributed by atoms with Crippen LogP contribution in [-0.4, -0.2) is 33.9 Å². The lowest BCUT2D eigenvalue weighted by Gasteiger charge is -2.37. The summed E-state index contributed by atoms with van der Waals surface area (Å²) in [4.78, 5) is 22.7. The molecule has 1 aliphatic rings. The molecule has 1 saturated heterocycles. The van der Waals surface area contributed by atoms with Crippen molar-refractivity contribution in [2.75, 3.05) is 13.1 Å². The number of nitrogens with one attached hydrogen (secondary N) is 1. The number of rotatable bonds is 2. The number of thiophene rings is 1. The highest BCUT2D eigenvalue weighted by Crippen LogP contribution is 2.30. The van der Waals surface area contributed by atoms with E-state index in [0.717, 1.165) is 16.9 Å². The summed E-state index contributed by atoms with van der Waals surface area (Å²) in [5.74, 6) is 1.31. The quantitative estimate of drug-likeness (QED) is 0.786. The molecule has 0 saturated carbocycles. The summed E-state index contributed by atoms with van der Waals surface area (Å²) in [5.41, 5.74) is 2.02. The van der Waals surface area contributed by atoms with E-state index in [9.17, 15) is 4.79 Å². The lowest BCUT2D eigenvalue weighted by molar-refractivity contribution is 0.0601. The summed E-state index contributed by atoms with van der Waals surface area (Å²) in [6.45, 7) is 1.41. The topological polar surface area (TPSA) is 49.0 Å². The number of H-pyrrole nitrogens is 1. The van der Waals surface area contributed by atoms with Gasteiger partial charge in [0.2, 0.25) is 0 Å². The van der Waals surface area contributed by atoms with Crippen molar-refractivity contribution in [1.29, 1.82) is 0 Å². The number of fused-ring (bicyclic) bond motifs is 1. The summed E-state index contributed by atoms with van der Waals surface area (Å²) >= 11 is 7.20. The van der Waals surface area contributed by atoms with Gasteiger partial charge in [-0.1, -0.05) is 23.7 Å². The van der Waals surface area contributed by atoms with Crippen molar-refractivity contribution in [2.45, 2.75) is 5.92 Å². The van der Waals surface area contributed by atoms with Crippen LogP contribution in [0.5, 0.6) is 0 Å². The Morgan fingerprint density at radius 3 is 2.81 bits per heavy atom. The first kappa shape index (κ1) is 12.9. The van der Waals surface area contributed by atoms with E-state index in [1.54, 1.807) is 12.1 Å². The first-order valence-corrected chi connectivity index (χ1v) is 7.89. The lowest BCUT2D eigenvalue weighted by Crippen LogP contribution is -2.48. The number of para-hydroxylation sites is 2. The fraction of sp³-hybridized carbons (Fsp3) is 0.200. The molecule has 4 rings (SSSR count). The molecule has 2 aromatic heterocycles. The fourth-order valence-electron chi connectivity index (χ4n) is 2.57. The first-order valence-electron chi connectivity index (χ1n) is 6.70.